The fraction of sp³-hybridized carbons (Fsp3) is 0.917. The lowest BCUT2D eigenvalue weighted by Gasteiger charge is -2.40. The molecule has 1 aliphatic rings. The van der Waals surface area contributed by atoms with Crippen LogP contribution in [0.1, 0.15) is 12.8 Å². The molecule has 0 bridgehead atoms. The summed E-state index contributed by atoms with van der Waals surface area (Å²) in [5.41, 5.74) is 10.9. The summed E-state index contributed by atoms with van der Waals surface area (Å²) in [5, 5.41) is 46.9. The van der Waals surface area contributed by atoms with Gasteiger partial charge in [0.25, 0.3) is 0 Å². The first-order valence-corrected chi connectivity index (χ1v) is 6.96. The van der Waals surface area contributed by atoms with Crippen LogP contribution in [0.3, 0.4) is 0 Å². The van der Waals surface area contributed by atoms with Crippen molar-refractivity contribution in [1.29, 1.82) is 0 Å². The average Bonchev–Trinajstić information content (AvgIpc) is 2.50. The number of ether oxygens (including phenoxy) is 2. The molecule has 1 rings (SSSR count). The molecule has 1 aliphatic heterocycles. The maximum absolute atomic E-state index is 10.7. The van der Waals surface area contributed by atoms with Gasteiger partial charge < -0.3 is 46.5 Å². The maximum atomic E-state index is 10.7. The minimum Gasteiger partial charge on any atom is -0.480 e. The monoisotopic (exact) mass is 324 g/mol. The number of carbonyl (C=O) groups is 1. The second-order valence-corrected chi connectivity index (χ2v) is 5.21. The van der Waals surface area contributed by atoms with Gasteiger partial charge in [-0.1, -0.05) is 0 Å². The Hall–Kier alpha value is -0.850. The van der Waals surface area contributed by atoms with Crippen LogP contribution in [0, 0.1) is 0 Å². The molecule has 130 valence electrons. The van der Waals surface area contributed by atoms with Crippen molar-refractivity contribution >= 4 is 5.97 Å². The molecule has 10 heteroatoms. The lowest BCUT2D eigenvalue weighted by Crippen LogP contribution is -2.60. The zero-order valence-corrected chi connectivity index (χ0v) is 12.0. The fourth-order valence-electron chi connectivity index (χ4n) is 2.10. The summed E-state index contributed by atoms with van der Waals surface area (Å²) < 4.78 is 10.6. The van der Waals surface area contributed by atoms with Gasteiger partial charge in [0.15, 0.2) is 6.29 Å². The largest absolute Gasteiger partial charge is 0.480 e. The molecule has 1 heterocycles. The number of aliphatic hydroxyl groups is 4. The van der Waals surface area contributed by atoms with Gasteiger partial charge in [-0.05, 0) is 12.8 Å². The van der Waals surface area contributed by atoms with Crippen molar-refractivity contribution in [3.8, 4) is 0 Å². The summed E-state index contributed by atoms with van der Waals surface area (Å²) >= 11 is 0. The van der Waals surface area contributed by atoms with Crippen molar-refractivity contribution in [3.05, 3.63) is 0 Å². The molecule has 7 atom stereocenters. The molecule has 10 nitrogen and oxygen atoms in total. The Labute approximate surface area is 127 Å². The smallest absolute Gasteiger partial charge is 0.320 e. The van der Waals surface area contributed by atoms with E-state index in [-0.39, 0.29) is 19.4 Å². The number of carboxylic acids is 1. The molecule has 22 heavy (non-hydrogen) atoms. The van der Waals surface area contributed by atoms with Gasteiger partial charge in [0, 0.05) is 6.54 Å². The number of aliphatic carboxylic acids is 1. The molecule has 0 aromatic rings. The van der Waals surface area contributed by atoms with E-state index < -0.39 is 55.4 Å². The highest BCUT2D eigenvalue weighted by Gasteiger charge is 2.44. The summed E-state index contributed by atoms with van der Waals surface area (Å²) in [5.74, 6) is -1.15. The Morgan fingerprint density at radius 3 is 2.32 bits per heavy atom. The van der Waals surface area contributed by atoms with E-state index in [0.717, 1.165) is 0 Å². The molecule has 9 N–H and O–H groups in total. The Balaban J connectivity index is 2.59. The van der Waals surface area contributed by atoms with Crippen molar-refractivity contribution in [2.75, 3.05) is 13.2 Å². The van der Waals surface area contributed by atoms with Gasteiger partial charge in [-0.3, -0.25) is 4.79 Å². The molecule has 0 radical (unpaired) electrons. The van der Waals surface area contributed by atoms with Crippen LogP contribution in [-0.2, 0) is 14.3 Å². The van der Waals surface area contributed by atoms with Crippen LogP contribution in [0.4, 0.5) is 0 Å². The van der Waals surface area contributed by atoms with Gasteiger partial charge in [0.2, 0.25) is 0 Å². The topological polar surface area (TPSA) is 189 Å². The van der Waals surface area contributed by atoms with E-state index in [1.54, 1.807) is 0 Å². The molecule has 1 saturated heterocycles. The Kier molecular flexibility index (Phi) is 7.59. The number of rotatable bonds is 8. The summed E-state index contributed by atoms with van der Waals surface area (Å²) in [6.45, 7) is -0.552. The molecule has 1 fully saturated rings. The predicted molar refractivity (Wildman–Crippen MR) is 72.5 cm³/mol. The van der Waals surface area contributed by atoms with Crippen molar-refractivity contribution in [3.63, 3.8) is 0 Å². The first-order chi connectivity index (χ1) is 10.3. The Morgan fingerprint density at radius 2 is 1.82 bits per heavy atom. The number of nitrogens with two attached hydrogens (primary N) is 2. The van der Waals surface area contributed by atoms with E-state index in [4.69, 9.17) is 31.2 Å². The minimum atomic E-state index is -1.55. The summed E-state index contributed by atoms with van der Waals surface area (Å²) in [6.07, 6.45) is -7.28. The first-order valence-electron chi connectivity index (χ1n) is 6.96. The molecule has 0 amide bonds. The predicted octanol–water partition coefficient (Wildman–Crippen LogP) is -3.68. The lowest BCUT2D eigenvalue weighted by molar-refractivity contribution is -0.310. The SMILES string of the molecule is NC[C@H](CC[C@H](N)C(=O)O)OC1O[C@H](CO)[C@H](O)[C@H](O)[C@H]1O. The van der Waals surface area contributed by atoms with Gasteiger partial charge in [-0.2, -0.15) is 0 Å². The van der Waals surface area contributed by atoms with Crippen LogP contribution in [0.2, 0.25) is 0 Å². The van der Waals surface area contributed by atoms with Crippen molar-refractivity contribution in [2.24, 2.45) is 11.5 Å². The number of hydrogen-bond acceptors (Lipinski definition) is 9. The third-order valence-corrected chi connectivity index (χ3v) is 3.55. The Morgan fingerprint density at radius 1 is 1.18 bits per heavy atom. The van der Waals surface area contributed by atoms with Gasteiger partial charge >= 0.3 is 5.97 Å². The number of carboxylic acid groups (broad SMARTS) is 1. The third kappa shape index (κ3) is 4.83. The van der Waals surface area contributed by atoms with E-state index in [2.05, 4.69) is 0 Å². The fourth-order valence-corrected chi connectivity index (χ4v) is 2.10. The third-order valence-electron chi connectivity index (χ3n) is 3.55. The van der Waals surface area contributed by atoms with Crippen LogP contribution in [0.5, 0.6) is 0 Å². The van der Waals surface area contributed by atoms with Crippen LogP contribution < -0.4 is 11.5 Å². The zero-order valence-electron chi connectivity index (χ0n) is 12.0. The second kappa shape index (κ2) is 8.70. The van der Waals surface area contributed by atoms with Crippen LogP contribution in [0.15, 0.2) is 0 Å². The van der Waals surface area contributed by atoms with Gasteiger partial charge in [-0.25, -0.2) is 0 Å². The highest BCUT2D eigenvalue weighted by atomic mass is 16.7. The quantitative estimate of drug-likeness (QED) is 0.234. The summed E-state index contributed by atoms with van der Waals surface area (Å²) in [7, 11) is 0. The minimum absolute atomic E-state index is 0.0152. The lowest BCUT2D eigenvalue weighted by atomic mass is 9.99. The molecule has 0 aliphatic carbocycles. The van der Waals surface area contributed by atoms with Crippen molar-refractivity contribution < 1.29 is 39.8 Å². The molecular formula is C12H24N2O8. The van der Waals surface area contributed by atoms with E-state index in [1.165, 1.54) is 0 Å². The molecule has 0 aromatic carbocycles. The van der Waals surface area contributed by atoms with Crippen LogP contribution >= 0.6 is 0 Å². The molecule has 1 unspecified atom stereocenters. The zero-order chi connectivity index (χ0) is 16.9. The molecular weight excluding hydrogens is 300 g/mol. The van der Waals surface area contributed by atoms with E-state index >= 15 is 0 Å². The molecule has 0 saturated carbocycles. The first kappa shape index (κ1) is 19.2. The van der Waals surface area contributed by atoms with E-state index in [9.17, 15) is 20.1 Å². The van der Waals surface area contributed by atoms with E-state index in [1.807, 2.05) is 0 Å². The van der Waals surface area contributed by atoms with Crippen molar-refractivity contribution in [1.82, 2.24) is 0 Å². The van der Waals surface area contributed by atoms with Crippen LogP contribution in [0.25, 0.3) is 0 Å². The number of hydrogen-bond donors (Lipinski definition) is 7. The van der Waals surface area contributed by atoms with E-state index in [0.29, 0.717) is 0 Å². The molecule has 0 aromatic heterocycles. The van der Waals surface area contributed by atoms with Gasteiger partial charge in [0.05, 0.1) is 12.7 Å². The highest BCUT2D eigenvalue weighted by Crippen LogP contribution is 2.23. The summed E-state index contributed by atoms with van der Waals surface area (Å²) in [6, 6.07) is -1.06. The summed E-state index contributed by atoms with van der Waals surface area (Å²) in [4.78, 5) is 10.7. The maximum Gasteiger partial charge on any atom is 0.320 e. The molecule has 0 spiro atoms. The Bertz CT molecular complexity index is 356. The van der Waals surface area contributed by atoms with Crippen LogP contribution in [-0.4, -0.2) is 87.5 Å². The standard InChI is InChI=1S/C12H24N2O8/c13-3-5(1-2-6(14)11(19)20)21-12-10(18)9(17)8(16)7(4-15)22-12/h5-10,12,15-18H,1-4,13-14H2,(H,19,20)/t5-,6-,7+,8-,9-,10+,12?/m0/s1. The van der Waals surface area contributed by atoms with Gasteiger partial charge in [0.1, 0.15) is 30.5 Å². The number of aliphatic hydroxyl groups excluding tert-OH is 4. The average molecular weight is 324 g/mol. The van der Waals surface area contributed by atoms with Gasteiger partial charge in [-0.15, -0.1) is 0 Å². The normalized spacial score (nSPS) is 35.1. The second-order valence-electron chi connectivity index (χ2n) is 5.21. The highest BCUT2D eigenvalue weighted by molar-refractivity contribution is 5.72. The van der Waals surface area contributed by atoms with Crippen molar-refractivity contribution in [2.45, 2.75) is 55.7 Å².